The molecule has 0 radical (unpaired) electrons. The van der Waals surface area contributed by atoms with Crippen LogP contribution in [0.3, 0.4) is 0 Å². The lowest BCUT2D eigenvalue weighted by atomic mass is 9.85. The first kappa shape index (κ1) is 13.4. The van der Waals surface area contributed by atoms with Crippen LogP contribution in [-0.4, -0.2) is 33.6 Å². The zero-order valence-corrected chi connectivity index (χ0v) is 12.1. The van der Waals surface area contributed by atoms with Crippen LogP contribution in [0.25, 0.3) is 0 Å². The maximum Gasteiger partial charge on any atom is 0.258 e. The maximum absolute atomic E-state index is 12.8. The van der Waals surface area contributed by atoms with Crippen LogP contribution in [0.5, 0.6) is 0 Å². The van der Waals surface area contributed by atoms with E-state index in [1.807, 2.05) is 4.90 Å². The van der Waals surface area contributed by atoms with Gasteiger partial charge >= 0.3 is 0 Å². The molecule has 1 aromatic heterocycles. The fourth-order valence-corrected chi connectivity index (χ4v) is 3.48. The normalized spacial score (nSPS) is 23.4. The average molecular weight is 273 g/mol. The molecule has 0 saturated heterocycles. The minimum atomic E-state index is 0.135. The summed E-state index contributed by atoms with van der Waals surface area (Å²) in [6.45, 7) is 2.85. The fraction of sp³-hybridized carbons (Fsp3) is 0.625. The Hall–Kier alpha value is -1.58. The molecule has 2 heterocycles. The van der Waals surface area contributed by atoms with Crippen LogP contribution >= 0.6 is 0 Å². The summed E-state index contributed by atoms with van der Waals surface area (Å²) in [5.41, 5.74) is 1.86. The molecular formula is C16H23N3O. The SMILES string of the molecule is CC[C@H]1C=CCN1C(=O)c1cn[nH]c1C1CCCCC1. The monoisotopic (exact) mass is 273 g/mol. The highest BCUT2D eigenvalue weighted by Gasteiger charge is 2.29. The standard InChI is InChI=1S/C16H23N3O/c1-2-13-9-6-10-19(13)16(20)14-11-17-18-15(14)12-7-4-3-5-8-12/h6,9,11-13H,2-5,7-8,10H2,1H3,(H,17,18)/t13-/m0/s1. The molecule has 1 aromatic rings. The van der Waals surface area contributed by atoms with E-state index in [9.17, 15) is 4.79 Å². The van der Waals surface area contributed by atoms with E-state index in [-0.39, 0.29) is 11.9 Å². The second-order valence-corrected chi connectivity index (χ2v) is 5.89. The Balaban J connectivity index is 1.80. The molecule has 1 aliphatic heterocycles. The molecule has 1 fully saturated rings. The van der Waals surface area contributed by atoms with Crippen molar-refractivity contribution in [3.63, 3.8) is 0 Å². The zero-order chi connectivity index (χ0) is 13.9. The van der Waals surface area contributed by atoms with Crippen molar-refractivity contribution in [1.82, 2.24) is 15.1 Å². The number of carbonyl (C=O) groups excluding carboxylic acids is 1. The summed E-state index contributed by atoms with van der Waals surface area (Å²) in [7, 11) is 0. The highest BCUT2D eigenvalue weighted by Crippen LogP contribution is 2.33. The molecule has 1 atom stereocenters. The van der Waals surface area contributed by atoms with Gasteiger partial charge in [-0.2, -0.15) is 5.10 Å². The molecule has 2 aliphatic rings. The number of amides is 1. The number of carbonyl (C=O) groups is 1. The van der Waals surface area contributed by atoms with E-state index in [0.29, 0.717) is 5.92 Å². The van der Waals surface area contributed by atoms with Gasteiger partial charge in [0.1, 0.15) is 0 Å². The van der Waals surface area contributed by atoms with Crippen molar-refractivity contribution in [3.05, 3.63) is 29.6 Å². The maximum atomic E-state index is 12.8. The lowest BCUT2D eigenvalue weighted by Gasteiger charge is -2.25. The van der Waals surface area contributed by atoms with E-state index in [2.05, 4.69) is 29.3 Å². The Labute approximate surface area is 120 Å². The van der Waals surface area contributed by atoms with Crippen LogP contribution in [0.2, 0.25) is 0 Å². The van der Waals surface area contributed by atoms with E-state index in [0.717, 1.165) is 24.2 Å². The fourth-order valence-electron chi connectivity index (χ4n) is 3.48. The van der Waals surface area contributed by atoms with Gasteiger partial charge in [-0.1, -0.05) is 38.3 Å². The van der Waals surface area contributed by atoms with E-state index in [4.69, 9.17) is 0 Å². The molecule has 1 N–H and O–H groups in total. The molecule has 0 spiro atoms. The molecule has 0 aromatic carbocycles. The quantitative estimate of drug-likeness (QED) is 0.859. The van der Waals surface area contributed by atoms with Gasteiger partial charge in [0.25, 0.3) is 5.91 Å². The lowest BCUT2D eigenvalue weighted by Crippen LogP contribution is -2.36. The van der Waals surface area contributed by atoms with Crippen molar-refractivity contribution in [3.8, 4) is 0 Å². The number of aromatic nitrogens is 2. The Kier molecular flexibility index (Phi) is 3.90. The van der Waals surface area contributed by atoms with Gasteiger partial charge < -0.3 is 4.90 Å². The van der Waals surface area contributed by atoms with Crippen LogP contribution in [0.4, 0.5) is 0 Å². The van der Waals surface area contributed by atoms with E-state index in [1.54, 1.807) is 6.20 Å². The predicted octanol–water partition coefficient (Wildman–Crippen LogP) is 3.25. The van der Waals surface area contributed by atoms with Crippen molar-refractivity contribution < 1.29 is 4.79 Å². The molecule has 4 nitrogen and oxygen atoms in total. The lowest BCUT2D eigenvalue weighted by molar-refractivity contribution is 0.0745. The van der Waals surface area contributed by atoms with Crippen molar-refractivity contribution >= 4 is 5.91 Å². The first-order valence-corrected chi connectivity index (χ1v) is 7.82. The molecule has 1 amide bonds. The number of rotatable bonds is 3. The summed E-state index contributed by atoms with van der Waals surface area (Å²) in [5, 5.41) is 7.24. The number of hydrogen-bond donors (Lipinski definition) is 1. The second-order valence-electron chi connectivity index (χ2n) is 5.89. The summed E-state index contributed by atoms with van der Waals surface area (Å²) < 4.78 is 0. The van der Waals surface area contributed by atoms with Crippen LogP contribution < -0.4 is 0 Å². The number of nitrogens with one attached hydrogen (secondary N) is 1. The molecule has 108 valence electrons. The van der Waals surface area contributed by atoms with Gasteiger partial charge in [0.05, 0.1) is 23.5 Å². The smallest absolute Gasteiger partial charge is 0.258 e. The van der Waals surface area contributed by atoms with Crippen LogP contribution in [0.1, 0.15) is 67.4 Å². The highest BCUT2D eigenvalue weighted by atomic mass is 16.2. The number of nitrogens with zero attached hydrogens (tertiary/aromatic N) is 2. The summed E-state index contributed by atoms with van der Waals surface area (Å²) in [6.07, 6.45) is 13.1. The van der Waals surface area contributed by atoms with Gasteiger partial charge in [-0.3, -0.25) is 9.89 Å². The van der Waals surface area contributed by atoms with Gasteiger partial charge in [0.2, 0.25) is 0 Å². The van der Waals surface area contributed by atoms with Gasteiger partial charge in [0, 0.05) is 12.5 Å². The Morgan fingerprint density at radius 1 is 1.40 bits per heavy atom. The molecule has 20 heavy (non-hydrogen) atoms. The van der Waals surface area contributed by atoms with Gasteiger partial charge in [-0.15, -0.1) is 0 Å². The third-order valence-electron chi connectivity index (χ3n) is 4.65. The zero-order valence-electron chi connectivity index (χ0n) is 12.1. The Bertz CT molecular complexity index is 500. The molecule has 0 unspecified atom stereocenters. The van der Waals surface area contributed by atoms with Gasteiger partial charge in [0.15, 0.2) is 0 Å². The molecule has 0 bridgehead atoms. The van der Waals surface area contributed by atoms with Crippen molar-refractivity contribution in [2.24, 2.45) is 0 Å². The summed E-state index contributed by atoms with van der Waals surface area (Å²) in [4.78, 5) is 14.7. The molecular weight excluding hydrogens is 250 g/mol. The number of aromatic amines is 1. The van der Waals surface area contributed by atoms with Gasteiger partial charge in [-0.25, -0.2) is 0 Å². The number of H-pyrrole nitrogens is 1. The summed E-state index contributed by atoms with van der Waals surface area (Å²) in [6, 6.07) is 0.247. The first-order chi connectivity index (χ1) is 9.81. The first-order valence-electron chi connectivity index (χ1n) is 7.82. The van der Waals surface area contributed by atoms with Crippen molar-refractivity contribution in [1.29, 1.82) is 0 Å². The van der Waals surface area contributed by atoms with Crippen molar-refractivity contribution in [2.75, 3.05) is 6.54 Å². The molecule has 3 rings (SSSR count). The molecule has 1 saturated carbocycles. The van der Waals surface area contributed by atoms with Crippen molar-refractivity contribution in [2.45, 2.75) is 57.4 Å². The third kappa shape index (κ3) is 2.39. The average Bonchev–Trinajstić information content (AvgIpc) is 3.16. The van der Waals surface area contributed by atoms with Crippen LogP contribution in [0.15, 0.2) is 18.3 Å². The largest absolute Gasteiger partial charge is 0.328 e. The summed E-state index contributed by atoms with van der Waals surface area (Å²) >= 11 is 0. The Morgan fingerprint density at radius 2 is 2.20 bits per heavy atom. The number of hydrogen-bond acceptors (Lipinski definition) is 2. The third-order valence-corrected chi connectivity index (χ3v) is 4.65. The minimum Gasteiger partial charge on any atom is -0.328 e. The van der Waals surface area contributed by atoms with Crippen LogP contribution in [-0.2, 0) is 0 Å². The Morgan fingerprint density at radius 3 is 2.95 bits per heavy atom. The topological polar surface area (TPSA) is 49.0 Å². The summed E-state index contributed by atoms with van der Waals surface area (Å²) in [5.74, 6) is 0.622. The molecule has 1 aliphatic carbocycles. The van der Waals surface area contributed by atoms with E-state index >= 15 is 0 Å². The van der Waals surface area contributed by atoms with E-state index in [1.165, 1.54) is 32.1 Å². The predicted molar refractivity (Wildman–Crippen MR) is 78.7 cm³/mol. The van der Waals surface area contributed by atoms with Gasteiger partial charge in [-0.05, 0) is 19.3 Å². The van der Waals surface area contributed by atoms with Crippen LogP contribution in [0, 0.1) is 0 Å². The minimum absolute atomic E-state index is 0.135. The molecule has 4 heteroatoms. The highest BCUT2D eigenvalue weighted by molar-refractivity contribution is 5.96. The second kappa shape index (κ2) is 5.81. The van der Waals surface area contributed by atoms with E-state index < -0.39 is 0 Å².